The average molecular weight is 477 g/mol. The van der Waals surface area contributed by atoms with E-state index in [1.807, 2.05) is 79.7 Å². The third kappa shape index (κ3) is 7.19. The third-order valence-electron chi connectivity index (χ3n) is 6.00. The van der Waals surface area contributed by atoms with Crippen LogP contribution in [0.4, 0.5) is 0 Å². The number of carbonyl (C=O) groups excluding carboxylic acids is 2. The van der Waals surface area contributed by atoms with Gasteiger partial charge in [-0.2, -0.15) is 0 Å². The summed E-state index contributed by atoms with van der Waals surface area (Å²) in [5.41, 5.74) is 3.88. The molecule has 1 N–H and O–H groups in total. The number of benzene rings is 3. The molecule has 0 radical (unpaired) electrons. The highest BCUT2D eigenvalue weighted by atomic mass is 35.5. The molecular weight excluding hydrogens is 444 g/mol. The summed E-state index contributed by atoms with van der Waals surface area (Å²) in [4.78, 5) is 28.9. The lowest BCUT2D eigenvalue weighted by molar-refractivity contribution is -0.140. The molecule has 3 aromatic carbocycles. The zero-order chi connectivity index (χ0) is 24.3. The first-order valence-corrected chi connectivity index (χ1v) is 12.3. The fraction of sp³-hybridized carbons (Fsp3) is 0.310. The summed E-state index contributed by atoms with van der Waals surface area (Å²) in [6.45, 7) is 5.07. The first kappa shape index (κ1) is 25.5. The van der Waals surface area contributed by atoms with Crippen LogP contribution in [-0.2, 0) is 29.0 Å². The van der Waals surface area contributed by atoms with Crippen LogP contribution in [0.15, 0.2) is 78.9 Å². The monoisotopic (exact) mass is 476 g/mol. The Morgan fingerprint density at radius 1 is 0.912 bits per heavy atom. The Kier molecular flexibility index (Phi) is 9.72. The highest BCUT2D eigenvalue weighted by molar-refractivity contribution is 6.31. The minimum Gasteiger partial charge on any atom is -0.354 e. The number of hydrogen-bond acceptors (Lipinski definition) is 2. The van der Waals surface area contributed by atoms with Gasteiger partial charge in [0, 0.05) is 24.5 Å². The Balaban J connectivity index is 1.96. The van der Waals surface area contributed by atoms with Crippen LogP contribution in [0.3, 0.4) is 0 Å². The lowest BCUT2D eigenvalue weighted by atomic mass is 10.0. The zero-order valence-electron chi connectivity index (χ0n) is 20.0. The summed E-state index contributed by atoms with van der Waals surface area (Å²) < 4.78 is 0. The number of nitrogens with zero attached hydrogens (tertiary/aromatic N) is 1. The van der Waals surface area contributed by atoms with Gasteiger partial charge in [-0.3, -0.25) is 9.59 Å². The predicted octanol–water partition coefficient (Wildman–Crippen LogP) is 5.75. The number of aryl methyl sites for hydroxylation is 1. The van der Waals surface area contributed by atoms with Crippen molar-refractivity contribution in [2.75, 3.05) is 6.54 Å². The van der Waals surface area contributed by atoms with Crippen LogP contribution in [0.5, 0.6) is 0 Å². The highest BCUT2D eigenvalue weighted by Crippen LogP contribution is 2.21. The second-order valence-electron chi connectivity index (χ2n) is 8.57. The van der Waals surface area contributed by atoms with Crippen LogP contribution >= 0.6 is 11.6 Å². The van der Waals surface area contributed by atoms with Gasteiger partial charge in [-0.1, -0.05) is 97.7 Å². The second kappa shape index (κ2) is 13.0. The van der Waals surface area contributed by atoms with Gasteiger partial charge in [0.1, 0.15) is 6.04 Å². The van der Waals surface area contributed by atoms with E-state index in [2.05, 4.69) is 12.2 Å². The quantitative estimate of drug-likeness (QED) is 0.358. The molecule has 0 heterocycles. The van der Waals surface area contributed by atoms with E-state index in [4.69, 9.17) is 11.6 Å². The molecule has 0 bridgehead atoms. The molecule has 5 heteroatoms. The molecule has 2 amide bonds. The van der Waals surface area contributed by atoms with Crippen molar-refractivity contribution >= 4 is 23.4 Å². The maximum Gasteiger partial charge on any atom is 0.243 e. The molecule has 0 aliphatic heterocycles. The molecule has 178 valence electrons. The summed E-state index contributed by atoms with van der Waals surface area (Å²) >= 11 is 6.36. The van der Waals surface area contributed by atoms with Crippen molar-refractivity contribution < 1.29 is 9.59 Å². The molecule has 3 aromatic rings. The smallest absolute Gasteiger partial charge is 0.243 e. The molecule has 0 saturated heterocycles. The molecule has 34 heavy (non-hydrogen) atoms. The molecule has 0 fully saturated rings. The molecule has 0 aliphatic rings. The van der Waals surface area contributed by atoms with Crippen molar-refractivity contribution in [2.45, 2.75) is 52.1 Å². The predicted molar refractivity (Wildman–Crippen MR) is 139 cm³/mol. The SMILES string of the molecule is CCCCNC(=O)[C@H](Cc1ccccc1)N(Cc1ccccc1C)C(=O)Cc1ccccc1Cl. The number of nitrogens with one attached hydrogen (secondary N) is 1. The molecule has 0 saturated carbocycles. The number of amides is 2. The molecule has 0 aromatic heterocycles. The molecule has 1 atom stereocenters. The highest BCUT2D eigenvalue weighted by Gasteiger charge is 2.30. The molecule has 0 spiro atoms. The Labute approximate surface area is 207 Å². The van der Waals surface area contributed by atoms with Crippen LogP contribution in [0.25, 0.3) is 0 Å². The topological polar surface area (TPSA) is 49.4 Å². The Morgan fingerprint density at radius 2 is 1.56 bits per heavy atom. The summed E-state index contributed by atoms with van der Waals surface area (Å²) in [5, 5.41) is 3.61. The van der Waals surface area contributed by atoms with E-state index >= 15 is 0 Å². The lowest BCUT2D eigenvalue weighted by Crippen LogP contribution is -2.51. The Hall–Kier alpha value is -3.11. The van der Waals surface area contributed by atoms with E-state index in [9.17, 15) is 9.59 Å². The maximum absolute atomic E-state index is 13.7. The van der Waals surface area contributed by atoms with Crippen LogP contribution in [0.2, 0.25) is 5.02 Å². The first-order chi connectivity index (χ1) is 16.5. The van der Waals surface area contributed by atoms with Crippen molar-refractivity contribution in [1.82, 2.24) is 10.2 Å². The number of hydrogen-bond donors (Lipinski definition) is 1. The van der Waals surface area contributed by atoms with Crippen molar-refractivity contribution in [3.8, 4) is 0 Å². The minimum absolute atomic E-state index is 0.122. The minimum atomic E-state index is -0.631. The Morgan fingerprint density at radius 3 is 2.24 bits per heavy atom. The van der Waals surface area contributed by atoms with Crippen molar-refractivity contribution in [3.63, 3.8) is 0 Å². The maximum atomic E-state index is 13.7. The van der Waals surface area contributed by atoms with Gasteiger partial charge >= 0.3 is 0 Å². The van der Waals surface area contributed by atoms with Gasteiger partial charge in [-0.25, -0.2) is 0 Å². The van der Waals surface area contributed by atoms with Crippen LogP contribution in [0.1, 0.15) is 42.0 Å². The van der Waals surface area contributed by atoms with Gasteiger partial charge in [0.25, 0.3) is 0 Å². The standard InChI is InChI=1S/C29H33ClN2O2/c1-3-4-18-31-29(34)27(19-23-13-6-5-7-14-23)32(21-25-16-9-8-12-22(25)2)28(33)20-24-15-10-11-17-26(24)30/h5-17,27H,3-4,18-21H2,1-2H3,(H,31,34)/t27-/m0/s1. The fourth-order valence-corrected chi connectivity index (χ4v) is 4.14. The second-order valence-corrected chi connectivity index (χ2v) is 8.97. The van der Waals surface area contributed by atoms with Gasteiger partial charge in [0.15, 0.2) is 0 Å². The summed E-state index contributed by atoms with van der Waals surface area (Å²) in [7, 11) is 0. The number of halogens is 1. The van der Waals surface area contributed by atoms with E-state index in [0.29, 0.717) is 24.5 Å². The van der Waals surface area contributed by atoms with E-state index in [0.717, 1.165) is 35.1 Å². The van der Waals surface area contributed by atoms with Crippen molar-refractivity contribution in [2.24, 2.45) is 0 Å². The largest absolute Gasteiger partial charge is 0.354 e. The zero-order valence-corrected chi connectivity index (χ0v) is 20.7. The van der Waals surface area contributed by atoms with Gasteiger partial charge in [-0.15, -0.1) is 0 Å². The van der Waals surface area contributed by atoms with Crippen LogP contribution in [-0.4, -0.2) is 29.3 Å². The fourth-order valence-electron chi connectivity index (χ4n) is 3.94. The van der Waals surface area contributed by atoms with E-state index in [1.165, 1.54) is 0 Å². The molecular formula is C29H33ClN2O2. The molecule has 4 nitrogen and oxygen atoms in total. The van der Waals surface area contributed by atoms with Gasteiger partial charge in [-0.05, 0) is 41.7 Å². The average Bonchev–Trinajstić information content (AvgIpc) is 2.84. The lowest BCUT2D eigenvalue weighted by Gasteiger charge is -2.32. The van der Waals surface area contributed by atoms with Crippen LogP contribution < -0.4 is 5.32 Å². The van der Waals surface area contributed by atoms with Crippen molar-refractivity contribution in [3.05, 3.63) is 106 Å². The third-order valence-corrected chi connectivity index (χ3v) is 6.37. The first-order valence-electron chi connectivity index (χ1n) is 11.9. The normalized spacial score (nSPS) is 11.6. The van der Waals surface area contributed by atoms with E-state index in [1.54, 1.807) is 11.0 Å². The summed E-state index contributed by atoms with van der Waals surface area (Å²) in [5.74, 6) is -0.249. The van der Waals surface area contributed by atoms with Crippen molar-refractivity contribution in [1.29, 1.82) is 0 Å². The summed E-state index contributed by atoms with van der Waals surface area (Å²) in [6, 6.07) is 24.6. The molecule has 0 aliphatic carbocycles. The Bertz CT molecular complexity index is 1080. The number of rotatable bonds is 11. The van der Waals surface area contributed by atoms with E-state index in [-0.39, 0.29) is 18.2 Å². The number of carbonyl (C=O) groups is 2. The molecule has 3 rings (SSSR count). The van der Waals surface area contributed by atoms with Crippen LogP contribution in [0, 0.1) is 6.92 Å². The van der Waals surface area contributed by atoms with Gasteiger partial charge < -0.3 is 10.2 Å². The van der Waals surface area contributed by atoms with Gasteiger partial charge in [0.05, 0.1) is 6.42 Å². The van der Waals surface area contributed by atoms with E-state index < -0.39 is 6.04 Å². The number of unbranched alkanes of at least 4 members (excludes halogenated alkanes) is 1. The molecule has 0 unspecified atom stereocenters. The van der Waals surface area contributed by atoms with Gasteiger partial charge in [0.2, 0.25) is 11.8 Å². The summed E-state index contributed by atoms with van der Waals surface area (Å²) in [6.07, 6.45) is 2.47.